The number of fused-ring (bicyclic) bond motifs is 3. The van der Waals surface area contributed by atoms with Gasteiger partial charge in [0, 0.05) is 24.9 Å². The van der Waals surface area contributed by atoms with Gasteiger partial charge in [-0.2, -0.15) is 0 Å². The van der Waals surface area contributed by atoms with Crippen molar-refractivity contribution in [3.05, 3.63) is 59.7 Å². The molecule has 1 heterocycles. The summed E-state index contributed by atoms with van der Waals surface area (Å²) in [5.41, 5.74) is 4.43. The molecule has 2 amide bonds. The smallest absolute Gasteiger partial charge is 0.407 e. The molecule has 0 bridgehead atoms. The molecular formula is C25H28N2O7S. The molecule has 4 rings (SSSR count). The van der Waals surface area contributed by atoms with Crippen molar-refractivity contribution in [2.24, 2.45) is 0 Å². The van der Waals surface area contributed by atoms with Crippen molar-refractivity contribution in [2.75, 3.05) is 24.7 Å². The zero-order valence-electron chi connectivity index (χ0n) is 19.3. The summed E-state index contributed by atoms with van der Waals surface area (Å²) >= 11 is 0. The first kappa shape index (κ1) is 24.7. The molecule has 9 nitrogen and oxygen atoms in total. The van der Waals surface area contributed by atoms with Crippen molar-refractivity contribution in [2.45, 2.75) is 37.8 Å². The Kier molecular flexibility index (Phi) is 7.11. The topological polar surface area (TPSA) is 130 Å². The van der Waals surface area contributed by atoms with Gasteiger partial charge >= 0.3 is 12.1 Å². The molecule has 0 aromatic heterocycles. The van der Waals surface area contributed by atoms with Gasteiger partial charge in [0.05, 0.1) is 24.0 Å². The van der Waals surface area contributed by atoms with E-state index in [2.05, 4.69) is 5.32 Å². The lowest BCUT2D eigenvalue weighted by Crippen LogP contribution is -2.53. The summed E-state index contributed by atoms with van der Waals surface area (Å²) in [6, 6.07) is 14.5. The number of nitrogens with one attached hydrogen (secondary N) is 1. The molecule has 10 heteroatoms. The van der Waals surface area contributed by atoms with E-state index >= 15 is 0 Å². The van der Waals surface area contributed by atoms with Gasteiger partial charge in [0.25, 0.3) is 0 Å². The van der Waals surface area contributed by atoms with Crippen LogP contribution in [0.3, 0.4) is 0 Å². The number of hydrogen-bond donors (Lipinski definition) is 2. The predicted molar refractivity (Wildman–Crippen MR) is 129 cm³/mol. The molecule has 186 valence electrons. The molecule has 1 aliphatic carbocycles. The number of aliphatic carboxylic acids is 1. The number of carboxylic acid groups (broad SMARTS) is 1. The molecule has 1 saturated heterocycles. The molecule has 1 fully saturated rings. The maximum atomic E-state index is 12.8. The minimum absolute atomic E-state index is 0.0588. The second kappa shape index (κ2) is 10.1. The van der Waals surface area contributed by atoms with Crippen LogP contribution < -0.4 is 5.32 Å². The maximum Gasteiger partial charge on any atom is 0.407 e. The van der Waals surface area contributed by atoms with E-state index in [4.69, 9.17) is 9.84 Å². The van der Waals surface area contributed by atoms with Crippen LogP contribution in [0.2, 0.25) is 0 Å². The molecule has 0 radical (unpaired) electrons. The fourth-order valence-corrected chi connectivity index (χ4v) is 6.38. The Bertz CT molecular complexity index is 1200. The molecular weight excluding hydrogens is 472 g/mol. The summed E-state index contributed by atoms with van der Waals surface area (Å²) in [4.78, 5) is 37.7. The number of hydrogen-bond acceptors (Lipinski definition) is 6. The highest BCUT2D eigenvalue weighted by molar-refractivity contribution is 7.91. The largest absolute Gasteiger partial charge is 0.481 e. The van der Waals surface area contributed by atoms with E-state index in [1.165, 1.54) is 4.90 Å². The fourth-order valence-electron chi connectivity index (χ4n) is 4.86. The molecule has 35 heavy (non-hydrogen) atoms. The van der Waals surface area contributed by atoms with Crippen molar-refractivity contribution in [3.8, 4) is 11.1 Å². The maximum absolute atomic E-state index is 12.8. The number of rotatable bonds is 7. The van der Waals surface area contributed by atoms with E-state index < -0.39 is 46.3 Å². The predicted octanol–water partition coefficient (Wildman–Crippen LogP) is 2.40. The number of alkyl carbamates (subject to hydrolysis) is 1. The highest BCUT2D eigenvalue weighted by Crippen LogP contribution is 2.44. The third-order valence-corrected chi connectivity index (χ3v) is 8.15. The number of benzene rings is 2. The number of ether oxygens (including phenoxy) is 1. The number of carbonyl (C=O) groups is 3. The number of amides is 2. The Balaban J connectivity index is 1.33. The Labute approximate surface area is 204 Å². The molecule has 0 saturated carbocycles. The summed E-state index contributed by atoms with van der Waals surface area (Å²) in [5.74, 6) is -2.24. The standard InChI is InChI=1S/C25H28N2O7S/c1-16(12-23(28)27-10-11-35(32,33)15-17(27)13-24(29)30)26-25(31)34-14-22-20-8-4-2-6-18(20)19-7-3-5-9-21(19)22/h2-9,16-17,22H,10-15H2,1H3,(H,26,31)(H,29,30)/t16-,17?/m1/s1. The summed E-state index contributed by atoms with van der Waals surface area (Å²) in [7, 11) is -3.40. The minimum Gasteiger partial charge on any atom is -0.481 e. The van der Waals surface area contributed by atoms with E-state index in [0.29, 0.717) is 0 Å². The van der Waals surface area contributed by atoms with Crippen molar-refractivity contribution < 1.29 is 32.6 Å². The van der Waals surface area contributed by atoms with Crippen LogP contribution in [-0.2, 0) is 24.2 Å². The summed E-state index contributed by atoms with van der Waals surface area (Å²) in [6.45, 7) is 1.73. The molecule has 0 spiro atoms. The van der Waals surface area contributed by atoms with Gasteiger partial charge in [-0.1, -0.05) is 48.5 Å². The molecule has 1 unspecified atom stereocenters. The second-order valence-electron chi connectivity index (χ2n) is 9.03. The highest BCUT2D eigenvalue weighted by Gasteiger charge is 2.36. The van der Waals surface area contributed by atoms with E-state index in [9.17, 15) is 22.8 Å². The molecule has 2 atom stereocenters. The van der Waals surface area contributed by atoms with Crippen molar-refractivity contribution in [1.82, 2.24) is 10.2 Å². The first-order valence-electron chi connectivity index (χ1n) is 11.5. The molecule has 2 aromatic carbocycles. The van der Waals surface area contributed by atoms with Gasteiger partial charge in [0.15, 0.2) is 9.84 Å². The minimum atomic E-state index is -3.40. The van der Waals surface area contributed by atoms with Crippen LogP contribution in [-0.4, -0.2) is 73.1 Å². The SMILES string of the molecule is C[C@H](CC(=O)N1CCS(=O)(=O)CC1CC(=O)O)NC(=O)OCC1c2ccccc2-c2ccccc21. The summed E-state index contributed by atoms with van der Waals surface area (Å²) in [5, 5.41) is 11.8. The number of carboxylic acids is 1. The van der Waals surface area contributed by atoms with Crippen molar-refractivity contribution >= 4 is 27.8 Å². The van der Waals surface area contributed by atoms with E-state index in [1.807, 2.05) is 48.5 Å². The quantitative estimate of drug-likeness (QED) is 0.597. The zero-order chi connectivity index (χ0) is 25.2. The Morgan fingerprint density at radius 2 is 1.69 bits per heavy atom. The lowest BCUT2D eigenvalue weighted by molar-refractivity contribution is -0.140. The van der Waals surface area contributed by atoms with Gasteiger partial charge in [-0.25, -0.2) is 13.2 Å². The van der Waals surface area contributed by atoms with Gasteiger partial charge in [0.2, 0.25) is 5.91 Å². The average Bonchev–Trinajstić information content (AvgIpc) is 3.10. The van der Waals surface area contributed by atoms with E-state index in [1.54, 1.807) is 6.92 Å². The van der Waals surface area contributed by atoms with Crippen molar-refractivity contribution in [3.63, 3.8) is 0 Å². The molecule has 2 N–H and O–H groups in total. The van der Waals surface area contributed by atoms with Crippen molar-refractivity contribution in [1.29, 1.82) is 0 Å². The molecule has 1 aliphatic heterocycles. The van der Waals surface area contributed by atoms with Gasteiger partial charge in [-0.15, -0.1) is 0 Å². The van der Waals surface area contributed by atoms with Crippen LogP contribution in [0.15, 0.2) is 48.5 Å². The molecule has 2 aliphatic rings. The first-order valence-corrected chi connectivity index (χ1v) is 13.3. The monoisotopic (exact) mass is 500 g/mol. The Morgan fingerprint density at radius 1 is 1.09 bits per heavy atom. The van der Waals surface area contributed by atoms with Crippen LogP contribution in [0.5, 0.6) is 0 Å². The Hall–Kier alpha value is -3.40. The molecule has 2 aromatic rings. The third kappa shape index (κ3) is 5.64. The third-order valence-electron chi connectivity index (χ3n) is 6.45. The lowest BCUT2D eigenvalue weighted by atomic mass is 9.98. The average molecular weight is 501 g/mol. The second-order valence-corrected chi connectivity index (χ2v) is 11.3. The number of carbonyl (C=O) groups excluding carboxylic acids is 2. The zero-order valence-corrected chi connectivity index (χ0v) is 20.2. The normalized spacial score (nSPS) is 19.3. The lowest BCUT2D eigenvalue weighted by Gasteiger charge is -2.35. The van der Waals surface area contributed by atoms with Crippen LogP contribution in [0.4, 0.5) is 4.79 Å². The first-order chi connectivity index (χ1) is 16.6. The number of nitrogens with zero attached hydrogens (tertiary/aromatic N) is 1. The van der Waals surface area contributed by atoms with Gasteiger partial charge in [-0.3, -0.25) is 9.59 Å². The van der Waals surface area contributed by atoms with E-state index in [-0.39, 0.29) is 37.0 Å². The summed E-state index contributed by atoms with van der Waals surface area (Å²) in [6.07, 6.45) is -1.20. The van der Waals surface area contributed by atoms with Crippen LogP contribution in [0, 0.1) is 0 Å². The van der Waals surface area contributed by atoms with Gasteiger partial charge in [-0.05, 0) is 29.2 Å². The Morgan fingerprint density at radius 3 is 2.29 bits per heavy atom. The van der Waals surface area contributed by atoms with Crippen LogP contribution in [0.1, 0.15) is 36.8 Å². The van der Waals surface area contributed by atoms with Gasteiger partial charge in [0.1, 0.15) is 6.61 Å². The number of sulfone groups is 1. The van der Waals surface area contributed by atoms with Crippen LogP contribution in [0.25, 0.3) is 11.1 Å². The van der Waals surface area contributed by atoms with Gasteiger partial charge < -0.3 is 20.1 Å². The van der Waals surface area contributed by atoms with Crippen LogP contribution >= 0.6 is 0 Å². The van der Waals surface area contributed by atoms with E-state index in [0.717, 1.165) is 22.3 Å². The summed E-state index contributed by atoms with van der Waals surface area (Å²) < 4.78 is 29.3. The highest BCUT2D eigenvalue weighted by atomic mass is 32.2. The fraction of sp³-hybridized carbons (Fsp3) is 0.400.